The van der Waals surface area contributed by atoms with E-state index in [1.165, 1.54) is 0 Å². The fourth-order valence-corrected chi connectivity index (χ4v) is 2.05. The molecular formula is C14H20O4. The number of hydrogen-bond donors (Lipinski definition) is 1. The summed E-state index contributed by atoms with van der Waals surface area (Å²) in [6.07, 6.45) is -0.0561. The van der Waals surface area contributed by atoms with Gasteiger partial charge in [0.05, 0.1) is 6.10 Å². The molecule has 0 fully saturated rings. The molecule has 3 unspecified atom stereocenters. The van der Waals surface area contributed by atoms with Crippen LogP contribution in [-0.2, 0) is 4.74 Å². The number of para-hydroxylation sites is 2. The molecule has 4 heteroatoms. The Morgan fingerprint density at radius 1 is 1.39 bits per heavy atom. The highest BCUT2D eigenvalue weighted by atomic mass is 16.6. The van der Waals surface area contributed by atoms with Crippen LogP contribution in [0.1, 0.15) is 13.3 Å². The Balaban J connectivity index is 1.95. The Bertz CT molecular complexity index is 380. The third-order valence-electron chi connectivity index (χ3n) is 3.27. The topological polar surface area (TPSA) is 47.9 Å². The molecule has 1 aliphatic heterocycles. The Morgan fingerprint density at radius 3 is 2.83 bits per heavy atom. The van der Waals surface area contributed by atoms with E-state index in [9.17, 15) is 5.11 Å². The third kappa shape index (κ3) is 2.94. The zero-order valence-electron chi connectivity index (χ0n) is 10.8. The van der Waals surface area contributed by atoms with Crippen molar-refractivity contribution in [3.8, 4) is 11.5 Å². The van der Waals surface area contributed by atoms with E-state index in [-0.39, 0.29) is 12.0 Å². The van der Waals surface area contributed by atoms with Gasteiger partial charge in [-0.25, -0.2) is 0 Å². The first-order chi connectivity index (χ1) is 8.72. The van der Waals surface area contributed by atoms with Crippen LogP contribution in [-0.4, -0.2) is 37.6 Å². The number of aliphatic hydroxyl groups excluding tert-OH is 1. The molecule has 1 heterocycles. The first-order valence-corrected chi connectivity index (χ1v) is 6.28. The minimum absolute atomic E-state index is 0.115. The van der Waals surface area contributed by atoms with Gasteiger partial charge in [-0.3, -0.25) is 0 Å². The predicted octanol–water partition coefficient (Wildman–Crippen LogP) is 1.86. The molecule has 0 amide bonds. The molecule has 3 atom stereocenters. The molecule has 1 aromatic carbocycles. The van der Waals surface area contributed by atoms with Crippen LogP contribution in [0.4, 0.5) is 0 Å². The minimum Gasteiger partial charge on any atom is -0.486 e. The summed E-state index contributed by atoms with van der Waals surface area (Å²) >= 11 is 0. The highest BCUT2D eigenvalue weighted by Crippen LogP contribution is 2.32. The summed E-state index contributed by atoms with van der Waals surface area (Å²) in [4.78, 5) is 0. The molecule has 0 spiro atoms. The summed E-state index contributed by atoms with van der Waals surface area (Å²) in [5.41, 5.74) is 0. The van der Waals surface area contributed by atoms with Crippen LogP contribution in [0.2, 0.25) is 0 Å². The van der Waals surface area contributed by atoms with Gasteiger partial charge < -0.3 is 19.3 Å². The lowest BCUT2D eigenvalue weighted by Crippen LogP contribution is -2.43. The van der Waals surface area contributed by atoms with Gasteiger partial charge in [0, 0.05) is 13.7 Å². The first kappa shape index (κ1) is 13.2. The number of ether oxygens (including phenoxy) is 3. The van der Waals surface area contributed by atoms with Crippen molar-refractivity contribution >= 4 is 0 Å². The maximum Gasteiger partial charge on any atom is 0.161 e. The highest BCUT2D eigenvalue weighted by molar-refractivity contribution is 5.40. The molecule has 4 nitrogen and oxygen atoms in total. The van der Waals surface area contributed by atoms with E-state index in [2.05, 4.69) is 0 Å². The minimum atomic E-state index is -0.548. The van der Waals surface area contributed by atoms with Crippen LogP contribution < -0.4 is 9.47 Å². The van der Waals surface area contributed by atoms with Crippen molar-refractivity contribution in [2.45, 2.75) is 25.6 Å². The molecule has 0 radical (unpaired) electrons. The number of rotatable bonds is 5. The maximum absolute atomic E-state index is 10.2. The van der Waals surface area contributed by atoms with Gasteiger partial charge in [0.25, 0.3) is 0 Å². The van der Waals surface area contributed by atoms with E-state index in [1.807, 2.05) is 31.2 Å². The number of aliphatic hydroxyl groups is 1. The summed E-state index contributed by atoms with van der Waals surface area (Å²) < 4.78 is 16.4. The fraction of sp³-hybridized carbons (Fsp3) is 0.571. The molecule has 1 N–H and O–H groups in total. The standard InChI is InChI=1S/C14H20O4/c1-10(7-8-16-2)14(15)13-9-17-11-5-3-4-6-12(11)18-13/h3-6,10,13-15H,7-9H2,1-2H3. The molecule has 0 aliphatic carbocycles. The first-order valence-electron chi connectivity index (χ1n) is 6.28. The summed E-state index contributed by atoms with van der Waals surface area (Å²) in [5, 5.41) is 10.2. The van der Waals surface area contributed by atoms with Gasteiger partial charge in [0.1, 0.15) is 6.61 Å². The molecule has 0 saturated heterocycles. The second-order valence-electron chi connectivity index (χ2n) is 4.66. The zero-order chi connectivity index (χ0) is 13.0. The van der Waals surface area contributed by atoms with E-state index in [0.717, 1.165) is 12.2 Å². The van der Waals surface area contributed by atoms with Gasteiger partial charge in [-0.1, -0.05) is 19.1 Å². The second-order valence-corrected chi connectivity index (χ2v) is 4.66. The molecule has 0 bridgehead atoms. The van der Waals surface area contributed by atoms with Crippen molar-refractivity contribution in [1.82, 2.24) is 0 Å². The van der Waals surface area contributed by atoms with Gasteiger partial charge in [-0.15, -0.1) is 0 Å². The highest BCUT2D eigenvalue weighted by Gasteiger charge is 2.30. The van der Waals surface area contributed by atoms with Crippen molar-refractivity contribution in [2.75, 3.05) is 20.3 Å². The monoisotopic (exact) mass is 252 g/mol. The molecule has 1 aliphatic rings. The normalized spacial score (nSPS) is 21.4. The van der Waals surface area contributed by atoms with Crippen LogP contribution >= 0.6 is 0 Å². The lowest BCUT2D eigenvalue weighted by atomic mass is 9.96. The van der Waals surface area contributed by atoms with Gasteiger partial charge >= 0.3 is 0 Å². The Morgan fingerprint density at radius 2 is 2.11 bits per heavy atom. The second kappa shape index (κ2) is 6.07. The molecular weight excluding hydrogens is 232 g/mol. The Labute approximate surface area is 107 Å². The number of methoxy groups -OCH3 is 1. The average molecular weight is 252 g/mol. The number of fused-ring (bicyclic) bond motifs is 1. The molecule has 0 saturated carbocycles. The van der Waals surface area contributed by atoms with Crippen molar-refractivity contribution in [3.63, 3.8) is 0 Å². The lowest BCUT2D eigenvalue weighted by molar-refractivity contribution is -0.0399. The van der Waals surface area contributed by atoms with Gasteiger partial charge in [-0.2, -0.15) is 0 Å². The van der Waals surface area contributed by atoms with E-state index in [4.69, 9.17) is 14.2 Å². The molecule has 1 aromatic rings. The fourth-order valence-electron chi connectivity index (χ4n) is 2.05. The molecule has 100 valence electrons. The van der Waals surface area contributed by atoms with Gasteiger partial charge in [-0.05, 0) is 24.5 Å². The smallest absolute Gasteiger partial charge is 0.161 e. The summed E-state index contributed by atoms with van der Waals surface area (Å²) in [6.45, 7) is 3.02. The number of hydrogen-bond acceptors (Lipinski definition) is 4. The van der Waals surface area contributed by atoms with Crippen LogP contribution in [0.25, 0.3) is 0 Å². The third-order valence-corrected chi connectivity index (χ3v) is 3.27. The summed E-state index contributed by atoms with van der Waals surface area (Å²) in [6, 6.07) is 7.52. The van der Waals surface area contributed by atoms with Crippen LogP contribution in [0.3, 0.4) is 0 Å². The van der Waals surface area contributed by atoms with Crippen molar-refractivity contribution < 1.29 is 19.3 Å². The van der Waals surface area contributed by atoms with Crippen molar-refractivity contribution in [3.05, 3.63) is 24.3 Å². The molecule has 2 rings (SSSR count). The van der Waals surface area contributed by atoms with Gasteiger partial charge in [0.2, 0.25) is 0 Å². The number of benzene rings is 1. The van der Waals surface area contributed by atoms with Crippen LogP contribution in [0, 0.1) is 5.92 Å². The SMILES string of the molecule is COCCC(C)C(O)C1COc2ccccc2O1. The molecule has 0 aromatic heterocycles. The maximum atomic E-state index is 10.2. The van der Waals surface area contributed by atoms with Crippen LogP contribution in [0.5, 0.6) is 11.5 Å². The zero-order valence-corrected chi connectivity index (χ0v) is 10.8. The predicted molar refractivity (Wildman–Crippen MR) is 68.0 cm³/mol. The molecule has 18 heavy (non-hydrogen) atoms. The lowest BCUT2D eigenvalue weighted by Gasteiger charge is -2.32. The van der Waals surface area contributed by atoms with E-state index < -0.39 is 6.10 Å². The largest absolute Gasteiger partial charge is 0.486 e. The van der Waals surface area contributed by atoms with E-state index in [0.29, 0.717) is 19.0 Å². The summed E-state index contributed by atoms with van der Waals surface area (Å²) in [5.74, 6) is 1.56. The van der Waals surface area contributed by atoms with Crippen molar-refractivity contribution in [2.24, 2.45) is 5.92 Å². The average Bonchev–Trinajstić information content (AvgIpc) is 2.43. The Kier molecular flexibility index (Phi) is 4.44. The van der Waals surface area contributed by atoms with E-state index in [1.54, 1.807) is 7.11 Å². The quantitative estimate of drug-likeness (QED) is 0.869. The van der Waals surface area contributed by atoms with Crippen molar-refractivity contribution in [1.29, 1.82) is 0 Å². The van der Waals surface area contributed by atoms with E-state index >= 15 is 0 Å². The van der Waals surface area contributed by atoms with Crippen LogP contribution in [0.15, 0.2) is 24.3 Å². The Hall–Kier alpha value is -1.26. The van der Waals surface area contributed by atoms with Gasteiger partial charge in [0.15, 0.2) is 17.6 Å². The summed E-state index contributed by atoms with van der Waals surface area (Å²) in [7, 11) is 1.66.